The van der Waals surface area contributed by atoms with Gasteiger partial charge in [-0.2, -0.15) is 0 Å². The Morgan fingerprint density at radius 1 is 1.10 bits per heavy atom. The zero-order valence-electron chi connectivity index (χ0n) is 12.6. The van der Waals surface area contributed by atoms with Gasteiger partial charge in [-0.05, 0) is 20.8 Å². The van der Waals surface area contributed by atoms with E-state index in [1.807, 2.05) is 32.9 Å². The standard InChI is InChI=1S/C16H20N2O3/c1-11(2)18-9-8-17(15(20)16(18)21)10-14(19)13-6-4-12(3)5-7-13/h4-7,11H,8-10H2,1-3H3. The van der Waals surface area contributed by atoms with E-state index in [9.17, 15) is 14.4 Å². The van der Waals surface area contributed by atoms with Crippen molar-refractivity contribution in [3.8, 4) is 0 Å². The van der Waals surface area contributed by atoms with Gasteiger partial charge in [0.25, 0.3) is 0 Å². The molecule has 0 aliphatic carbocycles. The van der Waals surface area contributed by atoms with Crippen LogP contribution in [0, 0.1) is 6.92 Å². The van der Waals surface area contributed by atoms with Gasteiger partial charge in [-0.25, -0.2) is 0 Å². The summed E-state index contributed by atoms with van der Waals surface area (Å²) in [5.74, 6) is -1.25. The quantitative estimate of drug-likeness (QED) is 0.619. The summed E-state index contributed by atoms with van der Waals surface area (Å²) < 4.78 is 0. The Kier molecular flexibility index (Phi) is 4.40. The molecule has 0 atom stereocenters. The smallest absolute Gasteiger partial charge is 0.312 e. The molecule has 0 N–H and O–H groups in total. The molecule has 1 aromatic carbocycles. The van der Waals surface area contributed by atoms with Crippen molar-refractivity contribution >= 4 is 17.6 Å². The molecule has 0 bridgehead atoms. The molecule has 5 nitrogen and oxygen atoms in total. The Balaban J connectivity index is 2.04. The Morgan fingerprint density at radius 3 is 2.29 bits per heavy atom. The number of piperazine rings is 1. The maximum absolute atomic E-state index is 12.2. The van der Waals surface area contributed by atoms with Gasteiger partial charge >= 0.3 is 11.8 Å². The number of hydrogen-bond donors (Lipinski definition) is 0. The van der Waals surface area contributed by atoms with E-state index in [0.29, 0.717) is 18.7 Å². The van der Waals surface area contributed by atoms with Gasteiger partial charge in [0.2, 0.25) is 0 Å². The predicted octanol–water partition coefficient (Wildman–Crippen LogP) is 1.26. The van der Waals surface area contributed by atoms with Gasteiger partial charge in [0, 0.05) is 24.7 Å². The molecule has 0 aromatic heterocycles. The molecule has 0 unspecified atom stereocenters. The summed E-state index contributed by atoms with van der Waals surface area (Å²) in [7, 11) is 0. The van der Waals surface area contributed by atoms with Crippen molar-refractivity contribution in [3.63, 3.8) is 0 Å². The van der Waals surface area contributed by atoms with Crippen LogP contribution >= 0.6 is 0 Å². The summed E-state index contributed by atoms with van der Waals surface area (Å²) >= 11 is 0. The van der Waals surface area contributed by atoms with E-state index in [-0.39, 0.29) is 18.4 Å². The number of aryl methyl sites for hydroxylation is 1. The second-order valence-corrected chi connectivity index (χ2v) is 5.61. The Morgan fingerprint density at radius 2 is 1.71 bits per heavy atom. The first kappa shape index (κ1) is 15.2. The molecule has 2 amide bonds. The van der Waals surface area contributed by atoms with Crippen LogP contribution in [-0.4, -0.2) is 53.1 Å². The number of amides is 2. The van der Waals surface area contributed by atoms with Crippen molar-refractivity contribution in [1.29, 1.82) is 0 Å². The molecule has 21 heavy (non-hydrogen) atoms. The fourth-order valence-corrected chi connectivity index (χ4v) is 2.34. The third-order valence-corrected chi connectivity index (χ3v) is 3.67. The topological polar surface area (TPSA) is 57.7 Å². The summed E-state index contributed by atoms with van der Waals surface area (Å²) in [4.78, 5) is 39.1. The third kappa shape index (κ3) is 3.29. The van der Waals surface area contributed by atoms with Crippen molar-refractivity contribution in [2.75, 3.05) is 19.6 Å². The maximum Gasteiger partial charge on any atom is 0.312 e. The minimum atomic E-state index is -0.588. The summed E-state index contributed by atoms with van der Waals surface area (Å²) in [5.41, 5.74) is 1.63. The summed E-state index contributed by atoms with van der Waals surface area (Å²) in [6.07, 6.45) is 0. The molecule has 1 aliphatic rings. The van der Waals surface area contributed by atoms with Crippen molar-refractivity contribution in [1.82, 2.24) is 9.80 Å². The number of ketones is 1. The highest BCUT2D eigenvalue weighted by Crippen LogP contribution is 2.11. The Hall–Kier alpha value is -2.17. The lowest BCUT2D eigenvalue weighted by Crippen LogP contribution is -2.57. The van der Waals surface area contributed by atoms with Crippen LogP contribution in [-0.2, 0) is 9.59 Å². The first-order valence-corrected chi connectivity index (χ1v) is 7.10. The number of Topliss-reactive ketones (excluding diaryl/α,β-unsaturated/α-hetero) is 1. The van der Waals surface area contributed by atoms with Gasteiger partial charge in [0.05, 0.1) is 6.54 Å². The van der Waals surface area contributed by atoms with E-state index in [1.165, 1.54) is 9.80 Å². The van der Waals surface area contributed by atoms with Crippen LogP contribution in [0.25, 0.3) is 0 Å². The van der Waals surface area contributed by atoms with Gasteiger partial charge in [-0.3, -0.25) is 14.4 Å². The number of carbonyl (C=O) groups is 3. The third-order valence-electron chi connectivity index (χ3n) is 3.67. The fraction of sp³-hybridized carbons (Fsp3) is 0.438. The highest BCUT2D eigenvalue weighted by atomic mass is 16.2. The van der Waals surface area contributed by atoms with Gasteiger partial charge < -0.3 is 9.80 Å². The molecule has 0 radical (unpaired) electrons. The highest BCUT2D eigenvalue weighted by Gasteiger charge is 2.34. The minimum absolute atomic E-state index is 0.00333. The molecule has 1 heterocycles. The number of rotatable bonds is 4. The molecule has 1 fully saturated rings. The van der Waals surface area contributed by atoms with Crippen LogP contribution in [0.4, 0.5) is 0 Å². The first-order chi connectivity index (χ1) is 9.90. The van der Waals surface area contributed by atoms with Crippen LogP contribution in [0.1, 0.15) is 29.8 Å². The number of benzene rings is 1. The van der Waals surface area contributed by atoms with E-state index < -0.39 is 11.8 Å². The normalized spacial score (nSPS) is 15.8. The lowest BCUT2D eigenvalue weighted by molar-refractivity contribution is -0.156. The maximum atomic E-state index is 12.2. The lowest BCUT2D eigenvalue weighted by Gasteiger charge is -2.35. The van der Waals surface area contributed by atoms with Crippen molar-refractivity contribution in [2.45, 2.75) is 26.8 Å². The molecule has 112 valence electrons. The zero-order valence-corrected chi connectivity index (χ0v) is 12.6. The van der Waals surface area contributed by atoms with E-state index in [2.05, 4.69) is 0 Å². The van der Waals surface area contributed by atoms with Crippen LogP contribution in [0.15, 0.2) is 24.3 Å². The largest absolute Gasteiger partial charge is 0.330 e. The lowest BCUT2D eigenvalue weighted by atomic mass is 10.1. The van der Waals surface area contributed by atoms with Crippen molar-refractivity contribution in [2.24, 2.45) is 0 Å². The molecule has 5 heteroatoms. The summed E-state index contributed by atoms with van der Waals surface area (Å²) in [6.45, 7) is 6.53. The van der Waals surface area contributed by atoms with Gasteiger partial charge in [0.1, 0.15) is 0 Å². The summed E-state index contributed by atoms with van der Waals surface area (Å²) in [6, 6.07) is 7.20. The van der Waals surface area contributed by atoms with Crippen LogP contribution < -0.4 is 0 Å². The molecule has 1 aliphatic heterocycles. The molecule has 1 aromatic rings. The second-order valence-electron chi connectivity index (χ2n) is 5.61. The van der Waals surface area contributed by atoms with E-state index in [1.54, 1.807) is 12.1 Å². The first-order valence-electron chi connectivity index (χ1n) is 7.10. The molecular formula is C16H20N2O3. The highest BCUT2D eigenvalue weighted by molar-refractivity contribution is 6.35. The van der Waals surface area contributed by atoms with E-state index in [4.69, 9.17) is 0 Å². The van der Waals surface area contributed by atoms with Crippen LogP contribution in [0.3, 0.4) is 0 Å². The van der Waals surface area contributed by atoms with Gasteiger partial charge in [0.15, 0.2) is 5.78 Å². The number of nitrogens with zero attached hydrogens (tertiary/aromatic N) is 2. The van der Waals surface area contributed by atoms with Crippen LogP contribution in [0.5, 0.6) is 0 Å². The minimum Gasteiger partial charge on any atom is -0.330 e. The van der Waals surface area contributed by atoms with Crippen LogP contribution in [0.2, 0.25) is 0 Å². The van der Waals surface area contributed by atoms with Gasteiger partial charge in [-0.15, -0.1) is 0 Å². The van der Waals surface area contributed by atoms with Crippen molar-refractivity contribution in [3.05, 3.63) is 35.4 Å². The predicted molar refractivity (Wildman–Crippen MR) is 78.9 cm³/mol. The second kappa shape index (κ2) is 6.08. The van der Waals surface area contributed by atoms with Crippen molar-refractivity contribution < 1.29 is 14.4 Å². The summed E-state index contributed by atoms with van der Waals surface area (Å²) in [5, 5.41) is 0. The average Bonchev–Trinajstić information content (AvgIpc) is 2.44. The van der Waals surface area contributed by atoms with E-state index in [0.717, 1.165) is 5.56 Å². The molecule has 1 saturated heterocycles. The molecule has 0 spiro atoms. The molecule has 2 rings (SSSR count). The average molecular weight is 288 g/mol. The monoisotopic (exact) mass is 288 g/mol. The number of hydrogen-bond acceptors (Lipinski definition) is 3. The Labute approximate surface area is 124 Å². The zero-order chi connectivity index (χ0) is 15.6. The van der Waals surface area contributed by atoms with Gasteiger partial charge in [-0.1, -0.05) is 29.8 Å². The fourth-order valence-electron chi connectivity index (χ4n) is 2.34. The number of carbonyl (C=O) groups excluding carboxylic acids is 3. The van der Waals surface area contributed by atoms with E-state index >= 15 is 0 Å². The molecular weight excluding hydrogens is 268 g/mol. The Bertz CT molecular complexity index is 563. The SMILES string of the molecule is Cc1ccc(C(=O)CN2CCN(C(C)C)C(=O)C2=O)cc1. The molecule has 0 saturated carbocycles.